The normalized spacial score (nSPS) is 11.6. The van der Waals surface area contributed by atoms with E-state index in [9.17, 15) is 17.6 Å². The number of hydrogen-bond acceptors (Lipinski definition) is 3. The van der Waals surface area contributed by atoms with Crippen LogP contribution in [0.2, 0.25) is 0 Å². The van der Waals surface area contributed by atoms with Gasteiger partial charge in [-0.3, -0.25) is 0 Å². The van der Waals surface area contributed by atoms with Crippen molar-refractivity contribution >= 4 is 17.4 Å². The summed E-state index contributed by atoms with van der Waals surface area (Å²) in [4.78, 5) is 4.33. The fraction of sp³-hybridized carbons (Fsp3) is 0.0833. The Morgan fingerprint density at radius 1 is 1.11 bits per heavy atom. The molecule has 0 atom stereocenters. The SMILES string of the molecule is Nc1cc(C(F)(F)F)cnc1Sc1ccc(F)cc1. The summed E-state index contributed by atoms with van der Waals surface area (Å²) in [5, 5.41) is 0.250. The topological polar surface area (TPSA) is 38.9 Å². The Hall–Kier alpha value is -1.76. The van der Waals surface area contributed by atoms with Gasteiger partial charge in [0.25, 0.3) is 0 Å². The number of hydrogen-bond donors (Lipinski definition) is 1. The summed E-state index contributed by atoms with van der Waals surface area (Å²) in [7, 11) is 0. The zero-order valence-corrected chi connectivity index (χ0v) is 10.2. The molecule has 0 aliphatic carbocycles. The highest BCUT2D eigenvalue weighted by atomic mass is 32.2. The van der Waals surface area contributed by atoms with E-state index in [0.717, 1.165) is 24.0 Å². The van der Waals surface area contributed by atoms with E-state index in [1.807, 2.05) is 0 Å². The van der Waals surface area contributed by atoms with E-state index in [-0.39, 0.29) is 10.7 Å². The molecule has 0 saturated heterocycles. The van der Waals surface area contributed by atoms with Crippen molar-refractivity contribution < 1.29 is 17.6 Å². The van der Waals surface area contributed by atoms with Crippen LogP contribution < -0.4 is 5.73 Å². The predicted octanol–water partition coefficient (Wildman–Crippen LogP) is 3.97. The lowest BCUT2D eigenvalue weighted by molar-refractivity contribution is -0.137. The van der Waals surface area contributed by atoms with Gasteiger partial charge in [0.1, 0.15) is 10.8 Å². The number of nitrogens with zero attached hydrogens (tertiary/aromatic N) is 1. The first-order chi connectivity index (χ1) is 8.86. The third-order valence-electron chi connectivity index (χ3n) is 2.23. The number of halogens is 4. The predicted molar refractivity (Wildman–Crippen MR) is 64.2 cm³/mol. The van der Waals surface area contributed by atoms with Crippen LogP contribution in [0.15, 0.2) is 46.5 Å². The molecule has 0 fully saturated rings. The number of rotatable bonds is 2. The fourth-order valence-corrected chi connectivity index (χ4v) is 2.10. The van der Waals surface area contributed by atoms with E-state index in [2.05, 4.69) is 4.98 Å². The monoisotopic (exact) mass is 288 g/mol. The van der Waals surface area contributed by atoms with Gasteiger partial charge in [-0.2, -0.15) is 13.2 Å². The minimum absolute atomic E-state index is 0.0656. The molecule has 1 heterocycles. The highest BCUT2D eigenvalue weighted by Crippen LogP contribution is 2.35. The number of benzene rings is 1. The van der Waals surface area contributed by atoms with Crippen molar-refractivity contribution in [2.24, 2.45) is 0 Å². The summed E-state index contributed by atoms with van der Waals surface area (Å²) in [6.07, 6.45) is -3.75. The average Bonchev–Trinajstić information content (AvgIpc) is 2.33. The van der Waals surface area contributed by atoms with Gasteiger partial charge in [-0.05, 0) is 30.3 Å². The quantitative estimate of drug-likeness (QED) is 0.850. The van der Waals surface area contributed by atoms with E-state index in [1.54, 1.807) is 0 Å². The van der Waals surface area contributed by atoms with Crippen molar-refractivity contribution in [3.05, 3.63) is 47.9 Å². The number of pyridine rings is 1. The van der Waals surface area contributed by atoms with Crippen LogP contribution in [0, 0.1) is 5.82 Å². The van der Waals surface area contributed by atoms with Crippen molar-refractivity contribution in [2.45, 2.75) is 16.1 Å². The molecule has 2 N–H and O–H groups in total. The van der Waals surface area contributed by atoms with E-state index < -0.39 is 17.6 Å². The number of anilines is 1. The van der Waals surface area contributed by atoms with Crippen LogP contribution in [-0.2, 0) is 6.18 Å². The first-order valence-electron chi connectivity index (χ1n) is 5.12. The van der Waals surface area contributed by atoms with Crippen molar-refractivity contribution in [1.82, 2.24) is 4.98 Å². The van der Waals surface area contributed by atoms with Crippen LogP contribution in [-0.4, -0.2) is 4.98 Å². The summed E-state index contributed by atoms with van der Waals surface area (Å²) >= 11 is 1.07. The van der Waals surface area contributed by atoms with Gasteiger partial charge >= 0.3 is 6.18 Å². The molecule has 19 heavy (non-hydrogen) atoms. The molecule has 2 nitrogen and oxygen atoms in total. The maximum atomic E-state index is 12.7. The third-order valence-corrected chi connectivity index (χ3v) is 3.28. The Labute approximate surface area is 110 Å². The van der Waals surface area contributed by atoms with E-state index >= 15 is 0 Å². The summed E-state index contributed by atoms with van der Waals surface area (Å²) < 4.78 is 50.0. The van der Waals surface area contributed by atoms with E-state index in [0.29, 0.717) is 4.90 Å². The first kappa shape index (κ1) is 13.7. The second-order valence-corrected chi connectivity index (χ2v) is 4.73. The van der Waals surface area contributed by atoms with Gasteiger partial charge in [0.05, 0.1) is 11.3 Å². The van der Waals surface area contributed by atoms with Crippen LogP contribution in [0.3, 0.4) is 0 Å². The Morgan fingerprint density at radius 3 is 2.26 bits per heavy atom. The summed E-state index contributed by atoms with van der Waals surface area (Å²) in [6, 6.07) is 6.33. The molecular weight excluding hydrogens is 280 g/mol. The van der Waals surface area contributed by atoms with Gasteiger partial charge in [0.15, 0.2) is 0 Å². The molecule has 0 amide bonds. The molecule has 2 rings (SSSR count). The minimum Gasteiger partial charge on any atom is -0.397 e. The Kier molecular flexibility index (Phi) is 3.66. The number of aromatic nitrogens is 1. The van der Waals surface area contributed by atoms with Gasteiger partial charge in [-0.1, -0.05) is 11.8 Å². The maximum Gasteiger partial charge on any atom is 0.417 e. The van der Waals surface area contributed by atoms with Gasteiger partial charge in [-0.25, -0.2) is 9.37 Å². The Balaban J connectivity index is 2.24. The lowest BCUT2D eigenvalue weighted by Gasteiger charge is -2.09. The zero-order valence-electron chi connectivity index (χ0n) is 9.41. The van der Waals surface area contributed by atoms with Gasteiger partial charge < -0.3 is 5.73 Å². The lowest BCUT2D eigenvalue weighted by atomic mass is 10.2. The molecule has 0 spiro atoms. The molecule has 2 aromatic rings. The van der Waals surface area contributed by atoms with Gasteiger partial charge in [0.2, 0.25) is 0 Å². The van der Waals surface area contributed by atoms with E-state index in [1.165, 1.54) is 24.3 Å². The van der Waals surface area contributed by atoms with Crippen LogP contribution in [0.1, 0.15) is 5.56 Å². The third kappa shape index (κ3) is 3.37. The molecular formula is C12H8F4N2S. The van der Waals surface area contributed by atoms with Crippen molar-refractivity contribution in [3.8, 4) is 0 Å². The van der Waals surface area contributed by atoms with Crippen molar-refractivity contribution in [2.75, 3.05) is 5.73 Å². The number of nitrogens with two attached hydrogens (primary N) is 1. The van der Waals surface area contributed by atoms with Crippen LogP contribution in [0.25, 0.3) is 0 Å². The molecule has 0 saturated carbocycles. The van der Waals surface area contributed by atoms with Crippen LogP contribution >= 0.6 is 11.8 Å². The molecule has 1 aromatic heterocycles. The van der Waals surface area contributed by atoms with Crippen LogP contribution in [0.4, 0.5) is 23.2 Å². The Bertz CT molecular complexity index is 581. The highest BCUT2D eigenvalue weighted by Gasteiger charge is 2.31. The molecule has 100 valence electrons. The van der Waals surface area contributed by atoms with Crippen LogP contribution in [0.5, 0.6) is 0 Å². The standard InChI is InChI=1S/C12H8F4N2S/c13-8-1-3-9(4-2-8)19-11-10(17)5-7(6-18-11)12(14,15)16/h1-6H,17H2. The molecule has 0 bridgehead atoms. The summed E-state index contributed by atoms with van der Waals surface area (Å²) in [5.41, 5.74) is 4.58. The van der Waals surface area contributed by atoms with Crippen molar-refractivity contribution in [1.29, 1.82) is 0 Å². The first-order valence-corrected chi connectivity index (χ1v) is 5.94. The molecule has 0 unspecified atom stereocenters. The van der Waals surface area contributed by atoms with Crippen molar-refractivity contribution in [3.63, 3.8) is 0 Å². The fourth-order valence-electron chi connectivity index (χ4n) is 1.32. The molecule has 1 aromatic carbocycles. The largest absolute Gasteiger partial charge is 0.417 e. The highest BCUT2D eigenvalue weighted by molar-refractivity contribution is 7.99. The molecule has 0 radical (unpaired) electrons. The second kappa shape index (κ2) is 5.08. The lowest BCUT2D eigenvalue weighted by Crippen LogP contribution is -2.07. The molecule has 0 aliphatic rings. The number of nitrogen functional groups attached to an aromatic ring is 1. The maximum absolute atomic E-state index is 12.7. The minimum atomic E-state index is -4.47. The Morgan fingerprint density at radius 2 is 1.74 bits per heavy atom. The molecule has 0 aliphatic heterocycles. The molecule has 7 heteroatoms. The smallest absolute Gasteiger partial charge is 0.397 e. The summed E-state index contributed by atoms with van der Waals surface area (Å²) in [6.45, 7) is 0. The summed E-state index contributed by atoms with van der Waals surface area (Å²) in [5.74, 6) is -0.391. The van der Waals surface area contributed by atoms with Gasteiger partial charge in [-0.15, -0.1) is 0 Å². The zero-order chi connectivity index (χ0) is 14.0. The second-order valence-electron chi connectivity index (χ2n) is 3.67. The average molecular weight is 288 g/mol. The van der Waals surface area contributed by atoms with E-state index in [4.69, 9.17) is 5.73 Å². The van der Waals surface area contributed by atoms with Gasteiger partial charge in [0, 0.05) is 11.1 Å². The number of alkyl halides is 3.